The van der Waals surface area contributed by atoms with E-state index in [1.807, 2.05) is 19.9 Å². The second-order valence-corrected chi connectivity index (χ2v) is 5.69. The third-order valence-corrected chi connectivity index (χ3v) is 4.12. The first-order chi connectivity index (χ1) is 6.54. The number of thiophene rings is 1. The highest BCUT2D eigenvalue weighted by molar-refractivity contribution is 9.10. The molecule has 0 saturated heterocycles. The lowest BCUT2D eigenvalue weighted by atomic mass is 10.2. The third-order valence-electron chi connectivity index (χ3n) is 1.58. The summed E-state index contributed by atoms with van der Waals surface area (Å²) in [7, 11) is 0. The smallest absolute Gasteiger partial charge is 0.130 e. The standard InChI is InChI=1S/C9H10BrClN2S/c1-5(2)13-7(4-12)8-3-6(10)9(11)14-8/h3,5,7,13H,1-2H3. The molecule has 0 aromatic carbocycles. The lowest BCUT2D eigenvalue weighted by Crippen LogP contribution is -2.26. The van der Waals surface area contributed by atoms with Crippen LogP contribution < -0.4 is 5.32 Å². The minimum atomic E-state index is -0.274. The first kappa shape index (κ1) is 12.0. The van der Waals surface area contributed by atoms with Crippen LogP contribution in [0.5, 0.6) is 0 Å². The van der Waals surface area contributed by atoms with Crippen molar-refractivity contribution in [3.63, 3.8) is 0 Å². The van der Waals surface area contributed by atoms with Crippen molar-refractivity contribution in [1.29, 1.82) is 5.26 Å². The highest BCUT2D eigenvalue weighted by Gasteiger charge is 2.15. The Hall–Kier alpha value is -0.0800. The fraction of sp³-hybridized carbons (Fsp3) is 0.444. The molecule has 0 aliphatic rings. The summed E-state index contributed by atoms with van der Waals surface area (Å²) >= 11 is 10.6. The predicted octanol–water partition coefficient (Wildman–Crippen LogP) is 3.73. The molecule has 1 heterocycles. The second kappa shape index (κ2) is 5.13. The molecule has 1 unspecified atom stereocenters. The van der Waals surface area contributed by atoms with Gasteiger partial charge in [-0.15, -0.1) is 11.3 Å². The molecule has 0 radical (unpaired) electrons. The van der Waals surface area contributed by atoms with Crippen molar-refractivity contribution in [2.24, 2.45) is 0 Å². The fourth-order valence-corrected chi connectivity index (χ4v) is 2.76. The van der Waals surface area contributed by atoms with Crippen LogP contribution in [-0.2, 0) is 0 Å². The van der Waals surface area contributed by atoms with Crippen molar-refractivity contribution in [1.82, 2.24) is 5.32 Å². The molecule has 1 aromatic heterocycles. The van der Waals surface area contributed by atoms with E-state index in [4.69, 9.17) is 16.9 Å². The van der Waals surface area contributed by atoms with Gasteiger partial charge in [-0.2, -0.15) is 5.26 Å². The molecule has 0 aliphatic heterocycles. The van der Waals surface area contributed by atoms with Crippen LogP contribution in [0.2, 0.25) is 4.34 Å². The Morgan fingerprint density at radius 1 is 1.64 bits per heavy atom. The van der Waals surface area contributed by atoms with E-state index < -0.39 is 0 Å². The van der Waals surface area contributed by atoms with Gasteiger partial charge in [-0.3, -0.25) is 5.32 Å². The first-order valence-corrected chi connectivity index (χ1v) is 6.13. The number of halogens is 2. The zero-order valence-corrected chi connectivity index (χ0v) is 11.0. The molecule has 0 fully saturated rings. The van der Waals surface area contributed by atoms with E-state index in [1.54, 1.807) is 0 Å². The van der Waals surface area contributed by atoms with Crippen molar-refractivity contribution < 1.29 is 0 Å². The summed E-state index contributed by atoms with van der Waals surface area (Å²) in [6.45, 7) is 4.02. The maximum Gasteiger partial charge on any atom is 0.130 e. The van der Waals surface area contributed by atoms with Gasteiger partial charge in [0.25, 0.3) is 0 Å². The van der Waals surface area contributed by atoms with Crippen LogP contribution in [-0.4, -0.2) is 6.04 Å². The van der Waals surface area contributed by atoms with E-state index in [1.165, 1.54) is 11.3 Å². The Kier molecular flexibility index (Phi) is 4.39. The van der Waals surface area contributed by atoms with Gasteiger partial charge in [0, 0.05) is 15.4 Å². The SMILES string of the molecule is CC(C)NC(C#N)c1cc(Br)c(Cl)s1. The first-order valence-electron chi connectivity index (χ1n) is 4.15. The Morgan fingerprint density at radius 3 is 2.64 bits per heavy atom. The van der Waals surface area contributed by atoms with Gasteiger partial charge in [-0.1, -0.05) is 11.6 Å². The monoisotopic (exact) mass is 292 g/mol. The van der Waals surface area contributed by atoms with Gasteiger partial charge in [0.2, 0.25) is 0 Å². The van der Waals surface area contributed by atoms with Crippen LogP contribution in [0.4, 0.5) is 0 Å². The van der Waals surface area contributed by atoms with Crippen LogP contribution in [0.25, 0.3) is 0 Å². The van der Waals surface area contributed by atoms with E-state index >= 15 is 0 Å². The summed E-state index contributed by atoms with van der Waals surface area (Å²) in [5.74, 6) is 0. The predicted molar refractivity (Wildman–Crippen MR) is 63.7 cm³/mol. The zero-order valence-electron chi connectivity index (χ0n) is 7.84. The molecule has 0 saturated carbocycles. The summed E-state index contributed by atoms with van der Waals surface area (Å²) in [6.07, 6.45) is 0. The molecule has 5 heteroatoms. The third kappa shape index (κ3) is 2.96. The molecule has 1 N–H and O–H groups in total. The minimum absolute atomic E-state index is 0.274. The number of hydrogen-bond donors (Lipinski definition) is 1. The van der Waals surface area contributed by atoms with Crippen molar-refractivity contribution in [3.05, 3.63) is 19.8 Å². The normalized spacial score (nSPS) is 12.9. The summed E-state index contributed by atoms with van der Waals surface area (Å²) in [5, 5.41) is 12.1. The van der Waals surface area contributed by atoms with Crippen molar-refractivity contribution in [2.75, 3.05) is 0 Å². The number of hydrogen-bond acceptors (Lipinski definition) is 3. The Morgan fingerprint density at radius 2 is 2.29 bits per heavy atom. The average molecular weight is 294 g/mol. The molecule has 2 nitrogen and oxygen atoms in total. The molecule has 0 amide bonds. The maximum absolute atomic E-state index is 8.96. The van der Waals surface area contributed by atoms with Gasteiger partial charge in [0.1, 0.15) is 10.4 Å². The summed E-state index contributed by atoms with van der Waals surface area (Å²) in [5.41, 5.74) is 0. The fourth-order valence-electron chi connectivity index (χ4n) is 1.02. The molecule has 1 rings (SSSR count). The molecular formula is C9H10BrClN2S. The summed E-state index contributed by atoms with van der Waals surface area (Å²) in [4.78, 5) is 0.943. The number of nitrogens with one attached hydrogen (secondary N) is 1. The molecule has 1 atom stereocenters. The number of nitrogens with zero attached hydrogens (tertiary/aromatic N) is 1. The average Bonchev–Trinajstić information content (AvgIpc) is 2.42. The number of nitriles is 1. The van der Waals surface area contributed by atoms with Gasteiger partial charge in [-0.25, -0.2) is 0 Å². The topological polar surface area (TPSA) is 35.8 Å². The van der Waals surface area contributed by atoms with E-state index in [9.17, 15) is 0 Å². The highest BCUT2D eigenvalue weighted by atomic mass is 79.9. The lowest BCUT2D eigenvalue weighted by molar-refractivity contribution is 0.551. The van der Waals surface area contributed by atoms with Crippen LogP contribution in [0.1, 0.15) is 24.8 Å². The highest BCUT2D eigenvalue weighted by Crippen LogP contribution is 2.35. The van der Waals surface area contributed by atoms with Crippen LogP contribution >= 0.6 is 38.9 Å². The Balaban J connectivity index is 2.85. The maximum atomic E-state index is 8.96. The molecule has 14 heavy (non-hydrogen) atoms. The molecular weight excluding hydrogens is 284 g/mol. The van der Waals surface area contributed by atoms with E-state index in [0.29, 0.717) is 4.34 Å². The minimum Gasteiger partial charge on any atom is -0.295 e. The van der Waals surface area contributed by atoms with Crippen molar-refractivity contribution in [2.45, 2.75) is 25.9 Å². The van der Waals surface area contributed by atoms with E-state index in [-0.39, 0.29) is 12.1 Å². The van der Waals surface area contributed by atoms with Crippen molar-refractivity contribution in [3.8, 4) is 6.07 Å². The quantitative estimate of drug-likeness (QED) is 0.922. The molecule has 76 valence electrons. The van der Waals surface area contributed by atoms with Gasteiger partial charge >= 0.3 is 0 Å². The second-order valence-electron chi connectivity index (χ2n) is 3.15. The zero-order chi connectivity index (χ0) is 10.7. The van der Waals surface area contributed by atoms with Crippen molar-refractivity contribution >= 4 is 38.9 Å². The van der Waals surface area contributed by atoms with E-state index in [2.05, 4.69) is 27.3 Å². The lowest BCUT2D eigenvalue weighted by Gasteiger charge is -2.12. The Bertz CT molecular complexity index is 337. The van der Waals surface area contributed by atoms with Gasteiger partial charge < -0.3 is 0 Å². The van der Waals surface area contributed by atoms with Gasteiger partial charge in [-0.05, 0) is 35.8 Å². The van der Waals surface area contributed by atoms with Crippen LogP contribution in [0, 0.1) is 11.3 Å². The van der Waals surface area contributed by atoms with E-state index in [0.717, 1.165) is 9.35 Å². The van der Waals surface area contributed by atoms with Crippen LogP contribution in [0.15, 0.2) is 10.5 Å². The van der Waals surface area contributed by atoms with Crippen LogP contribution in [0.3, 0.4) is 0 Å². The van der Waals surface area contributed by atoms with Gasteiger partial charge in [0.15, 0.2) is 0 Å². The Labute approximate surface area is 101 Å². The van der Waals surface area contributed by atoms with Gasteiger partial charge in [0.05, 0.1) is 6.07 Å². The summed E-state index contributed by atoms with van der Waals surface area (Å²) < 4.78 is 1.54. The molecule has 0 aliphatic carbocycles. The largest absolute Gasteiger partial charge is 0.295 e. The molecule has 0 spiro atoms. The molecule has 0 bridgehead atoms. The summed E-state index contributed by atoms with van der Waals surface area (Å²) in [6, 6.07) is 4.10. The molecule has 1 aromatic rings. The number of rotatable bonds is 3.